The number of hydrogen-bond acceptors (Lipinski definition) is 31. The Kier molecular flexibility index (Phi) is 29.2. The normalized spacial score (nSPS) is 21.0. The largest absolute Gasteiger partial charge is 0.480 e. The summed E-state index contributed by atoms with van der Waals surface area (Å²) in [5.74, 6) is -2.95. The van der Waals surface area contributed by atoms with Crippen LogP contribution in [0.15, 0.2) is 0 Å². The van der Waals surface area contributed by atoms with Gasteiger partial charge >= 0.3 is 7.82 Å². The van der Waals surface area contributed by atoms with Crippen molar-refractivity contribution in [2.24, 2.45) is 32.5 Å². The van der Waals surface area contributed by atoms with Crippen LogP contribution in [0.1, 0.15) is 249 Å². The number of imidazole rings is 3. The maximum absolute atomic E-state index is 17.4. The number of phosphoric acid groups is 1. The summed E-state index contributed by atoms with van der Waals surface area (Å²) in [7, 11) is -0.902. The predicted octanol–water partition coefficient (Wildman–Crippen LogP) is 10.9. The molecule has 9 atom stereocenters. The molecule has 3 saturated heterocycles. The van der Waals surface area contributed by atoms with E-state index in [4.69, 9.17) is 77.5 Å². The Morgan fingerprint density at radius 3 is 0.815 bits per heavy atom. The third-order valence-corrected chi connectivity index (χ3v) is 31.5. The topological polar surface area (TPSA) is 422 Å². The molecule has 0 unspecified atom stereocenters. The maximum atomic E-state index is 17.4. The molecule has 3 aliphatic rings. The molecule has 9 heterocycles. The molecule has 668 valence electrons. The molecule has 3 amide bonds. The van der Waals surface area contributed by atoms with Crippen molar-refractivity contribution in [1.82, 2.24) is 75.2 Å². The summed E-state index contributed by atoms with van der Waals surface area (Å²) in [5.41, 5.74) is -11.2. The number of methoxy groups -OCH3 is 3. The fourth-order valence-electron chi connectivity index (χ4n) is 16.7. The van der Waals surface area contributed by atoms with Gasteiger partial charge in [-0.25, -0.2) is 19.5 Å². The molecule has 0 aliphatic carbocycles. The van der Waals surface area contributed by atoms with E-state index >= 15 is 18.9 Å². The van der Waals surface area contributed by atoms with Crippen LogP contribution in [0.3, 0.4) is 0 Å². The van der Waals surface area contributed by atoms with Crippen molar-refractivity contribution in [1.29, 1.82) is 0 Å². The molecule has 9 rings (SSSR count). The summed E-state index contributed by atoms with van der Waals surface area (Å²) in [6, 6.07) is -1.99. The number of piperidine rings is 3. The Bertz CT molecular complexity index is 4130. The minimum absolute atomic E-state index is 0.0771. The van der Waals surface area contributed by atoms with Crippen molar-refractivity contribution in [3.63, 3.8) is 0 Å². The summed E-state index contributed by atoms with van der Waals surface area (Å²) >= 11 is 26.0. The van der Waals surface area contributed by atoms with E-state index in [1.807, 2.05) is 160 Å². The average Bonchev–Trinajstić information content (AvgIpc) is 1.63. The lowest BCUT2D eigenvalue weighted by Gasteiger charge is -2.52. The molecule has 9 N–H and O–H groups in total. The summed E-state index contributed by atoms with van der Waals surface area (Å²) in [5, 5.41) is 99.2. The molecular weight excluding hydrogens is 1680 g/mol. The molecule has 6 aromatic heterocycles. The molecule has 0 saturated carbocycles. The van der Waals surface area contributed by atoms with Gasteiger partial charge in [-0.1, -0.05) is 214 Å². The van der Waals surface area contributed by atoms with E-state index in [2.05, 4.69) is 46.5 Å². The van der Waals surface area contributed by atoms with E-state index in [1.165, 1.54) is 55.8 Å². The Balaban J connectivity index is 1.20. The SMILES string of the molecule is CO[C@H]1CN(c2nnc([C@](C)(O)CO)s2)CC[C@H]1NC(=O)c1nc(Cl)c(C(C)(C(C)(C)C)C(C)(C)C)n1COP(=O)(OCn1c(C(=O)N[C@@H]2CCN(c3nnc([C@](C)(O)CO)s3)C[C@@H]2OC)nc(Cl)c1C(C)(C(C)(C)C)C(C)(C)C)OCn1c(C(=O)N[C@@H]2CCN(c3nnc([C@](C)(O)CO)s3)C[C@@H]2OC)nc(Cl)c1C(C)(C(C)(C)C)C(C)(C)C. The van der Waals surface area contributed by atoms with Crippen LogP contribution < -0.4 is 30.7 Å². The first-order valence-corrected chi connectivity index (χ1v) is 44.9. The molecule has 0 bridgehead atoms. The number of amides is 3. The smallest absolute Gasteiger partial charge is 0.393 e. The van der Waals surface area contributed by atoms with E-state index in [0.717, 1.165) is 34.0 Å². The van der Waals surface area contributed by atoms with Crippen molar-refractivity contribution in [2.75, 3.05) is 95.1 Å². The van der Waals surface area contributed by atoms with Gasteiger partial charge < -0.3 is 75.5 Å². The number of aromatic nitrogens is 12. The van der Waals surface area contributed by atoms with Gasteiger partial charge in [0.1, 0.15) is 37.0 Å². The fraction of sp³-hybridized carbons (Fsp3) is 0.769. The van der Waals surface area contributed by atoms with Gasteiger partial charge in [-0.2, -0.15) is 0 Å². The van der Waals surface area contributed by atoms with Crippen LogP contribution in [0, 0.1) is 32.5 Å². The molecular formula is C78H126Cl3N18O16PS3. The average molecular weight is 1810 g/mol. The Morgan fingerprint density at radius 1 is 0.403 bits per heavy atom. The van der Waals surface area contributed by atoms with Crippen molar-refractivity contribution in [3.05, 3.63) is 65.0 Å². The number of halogens is 3. The van der Waals surface area contributed by atoms with E-state index in [9.17, 15) is 30.6 Å². The lowest BCUT2D eigenvalue weighted by molar-refractivity contribution is -0.00306. The third kappa shape index (κ3) is 19.3. The van der Waals surface area contributed by atoms with E-state index in [0.29, 0.717) is 71.4 Å². The predicted molar refractivity (Wildman–Crippen MR) is 458 cm³/mol. The maximum Gasteiger partial charge on any atom is 0.480 e. The van der Waals surface area contributed by atoms with E-state index in [-0.39, 0.29) is 67.6 Å². The molecule has 6 aromatic rings. The Morgan fingerprint density at radius 2 is 0.622 bits per heavy atom. The highest BCUT2D eigenvalue weighted by Gasteiger charge is 2.57. The number of carbonyl (C=O) groups excluding carboxylic acids is 3. The van der Waals surface area contributed by atoms with Crippen LogP contribution in [-0.4, -0.2) is 224 Å². The second kappa shape index (κ2) is 35.6. The van der Waals surface area contributed by atoms with Gasteiger partial charge in [-0.15, -0.1) is 30.6 Å². The molecule has 119 heavy (non-hydrogen) atoms. The summed E-state index contributed by atoms with van der Waals surface area (Å²) in [6.07, 6.45) is -1.05. The van der Waals surface area contributed by atoms with Gasteiger partial charge in [0.05, 0.1) is 73.3 Å². The quantitative estimate of drug-likeness (QED) is 0.0189. The van der Waals surface area contributed by atoms with E-state index < -0.39 is 168 Å². The van der Waals surface area contributed by atoms with Crippen molar-refractivity contribution in [2.45, 2.75) is 275 Å². The van der Waals surface area contributed by atoms with Crippen LogP contribution in [0.2, 0.25) is 15.5 Å². The molecule has 41 heteroatoms. The Labute approximate surface area is 725 Å². The van der Waals surface area contributed by atoms with Crippen LogP contribution in [-0.2, 0) is 85.6 Å². The number of phosphoric ester groups is 1. The lowest BCUT2D eigenvalue weighted by Crippen LogP contribution is -2.55. The third-order valence-electron chi connectivity index (χ3n) is 25.7. The zero-order valence-corrected chi connectivity index (χ0v) is 79.5. The van der Waals surface area contributed by atoms with Gasteiger partial charge in [-0.05, 0) is 72.5 Å². The second-order valence-electron chi connectivity index (χ2n) is 38.8. The number of aliphatic hydroxyl groups is 6. The minimum atomic E-state index is -5.45. The lowest BCUT2D eigenvalue weighted by atomic mass is 9.53. The molecule has 0 aromatic carbocycles. The number of anilines is 3. The zero-order chi connectivity index (χ0) is 89.3. The highest BCUT2D eigenvalue weighted by atomic mass is 35.5. The minimum Gasteiger partial charge on any atom is -0.393 e. The van der Waals surface area contributed by atoms with Crippen LogP contribution >= 0.6 is 76.6 Å². The molecule has 0 radical (unpaired) electrons. The van der Waals surface area contributed by atoms with Crippen LogP contribution in [0.4, 0.5) is 15.4 Å². The van der Waals surface area contributed by atoms with E-state index in [1.54, 1.807) is 0 Å². The summed E-state index contributed by atoms with van der Waals surface area (Å²) < 4.78 is 60.7. The van der Waals surface area contributed by atoms with Gasteiger partial charge in [0, 0.05) is 76.8 Å². The highest BCUT2D eigenvalue weighted by molar-refractivity contribution is 7.48. The van der Waals surface area contributed by atoms with Gasteiger partial charge in [0.25, 0.3) is 17.7 Å². The first-order valence-electron chi connectivity index (χ1n) is 39.8. The number of nitrogens with one attached hydrogen (secondary N) is 3. The van der Waals surface area contributed by atoms with Gasteiger partial charge in [-0.3, -0.25) is 41.7 Å². The second-order valence-corrected chi connectivity index (χ2v) is 44.4. The molecule has 0 spiro atoms. The van der Waals surface area contributed by atoms with Crippen molar-refractivity contribution < 1.29 is 77.4 Å². The van der Waals surface area contributed by atoms with Gasteiger partial charge in [0.15, 0.2) is 30.5 Å². The number of carbonyl (C=O) groups is 3. The molecule has 3 aliphatic heterocycles. The fourth-order valence-corrected chi connectivity index (χ4v) is 21.5. The van der Waals surface area contributed by atoms with Crippen molar-refractivity contribution in [3.8, 4) is 0 Å². The number of aliphatic hydroxyl groups excluding tert-OH is 3. The first kappa shape index (κ1) is 97.5. The zero-order valence-electron chi connectivity index (χ0n) is 73.9. The molecule has 3 fully saturated rings. The standard InChI is InChI=1S/C78H126Cl3N18O16PS3/c1-67(2,3)76(22,68(4,5)6)49-52(79)85-55(58(103)82-43-28-31-94(34-46(43)110-25)64-91-88-61(117-64)73(19,106)37-100)97(49)40-113-116(109,114-41-98-50(77(23,69(7,8)9)70(10,11)12)53(80)86-56(98)59(104)83-44-29-32-95(35-47(44)111-26)65-92-89-62(118-65)74(20,107)38-101)115-42-99-51(78(24,71(13,14)15)72(16,17)18)54(81)87-57(99)60(105)84-45-30-33-96(36-48(45)112-27)66-93-90-63(119-66)75(21,108)39-102/h43-48,100-102,106-108H,28-42H2,1-27H3,(H,82,103)(H,83,104)(H,84,105)/t43-,44-,45-,46+,47+,48+,73-,74-,75-/m1/s1. The number of rotatable bonds is 30. The first-order chi connectivity index (χ1) is 54.7. The van der Waals surface area contributed by atoms with Crippen molar-refractivity contribution >= 4 is 110 Å². The summed E-state index contributed by atoms with van der Waals surface area (Å²) in [4.78, 5) is 67.4. The van der Waals surface area contributed by atoms with Crippen LogP contribution in [0.25, 0.3) is 0 Å². The Hall–Kier alpha value is -5.26. The number of nitrogens with zero attached hydrogens (tertiary/aromatic N) is 15. The van der Waals surface area contributed by atoms with Gasteiger partial charge in [0.2, 0.25) is 32.9 Å². The highest BCUT2D eigenvalue weighted by Crippen LogP contribution is 2.60. The van der Waals surface area contributed by atoms with Crippen LogP contribution in [0.5, 0.6) is 0 Å². The monoisotopic (exact) mass is 1800 g/mol. The number of hydrogen-bond donors (Lipinski definition) is 9. The summed E-state index contributed by atoms with van der Waals surface area (Å²) in [6.45, 7) is 44.4. The molecule has 34 nitrogen and oxygen atoms in total. The number of ether oxygens (including phenoxy) is 3.